The van der Waals surface area contributed by atoms with E-state index in [1.807, 2.05) is 0 Å². The van der Waals surface area contributed by atoms with E-state index >= 15 is 0 Å². The first-order valence-corrected chi connectivity index (χ1v) is 6.63. The van der Waals surface area contributed by atoms with Crippen LogP contribution >= 0.6 is 22.6 Å². The molecule has 0 bridgehead atoms. The molecule has 1 heterocycles. The van der Waals surface area contributed by atoms with Crippen molar-refractivity contribution in [2.75, 3.05) is 0 Å². The Bertz CT molecular complexity index is 364. The third-order valence-electron chi connectivity index (χ3n) is 2.70. The Morgan fingerprint density at radius 3 is 2.50 bits per heavy atom. The van der Waals surface area contributed by atoms with E-state index in [0.29, 0.717) is 0 Å². The van der Waals surface area contributed by atoms with E-state index in [1.165, 1.54) is 3.57 Å². The van der Waals surface area contributed by atoms with E-state index < -0.39 is 0 Å². The Balaban J connectivity index is 2.17. The second kappa shape index (κ2) is 4.66. The highest BCUT2D eigenvalue weighted by Crippen LogP contribution is 2.25. The second-order valence-corrected chi connectivity index (χ2v) is 6.16. The van der Waals surface area contributed by atoms with E-state index in [-0.39, 0.29) is 18.8 Å². The van der Waals surface area contributed by atoms with Crippen molar-refractivity contribution < 1.29 is 9.31 Å². The van der Waals surface area contributed by atoms with Crippen LogP contribution in [0.2, 0.25) is 0 Å². The summed E-state index contributed by atoms with van der Waals surface area (Å²) in [6.07, 6.45) is 1.18. The van der Waals surface area contributed by atoms with Crippen molar-refractivity contribution in [2.24, 2.45) is 0 Å². The fraction of sp³-hybridized carbons (Fsp3) is 0.500. The Morgan fingerprint density at radius 2 is 1.94 bits per heavy atom. The largest absolute Gasteiger partial charge is 0.494 e. The highest BCUT2D eigenvalue weighted by atomic mass is 127. The van der Waals surface area contributed by atoms with Gasteiger partial charge < -0.3 is 9.31 Å². The molecule has 0 amide bonds. The van der Waals surface area contributed by atoms with Gasteiger partial charge in [-0.1, -0.05) is 12.1 Å². The molecule has 2 rings (SSSR count). The van der Waals surface area contributed by atoms with Crippen molar-refractivity contribution in [1.29, 1.82) is 0 Å². The van der Waals surface area contributed by atoms with E-state index in [9.17, 15) is 0 Å². The number of hydrogen-bond donors (Lipinski definition) is 0. The molecule has 16 heavy (non-hydrogen) atoms. The normalized spacial score (nSPS) is 24.5. The van der Waals surface area contributed by atoms with Gasteiger partial charge in [0.1, 0.15) is 0 Å². The van der Waals surface area contributed by atoms with Crippen LogP contribution in [0.3, 0.4) is 0 Å². The highest BCUT2D eigenvalue weighted by Gasteiger charge is 2.37. The average molecular weight is 330 g/mol. The van der Waals surface area contributed by atoms with Crippen molar-refractivity contribution in [1.82, 2.24) is 0 Å². The van der Waals surface area contributed by atoms with Gasteiger partial charge in [0.2, 0.25) is 0 Å². The summed E-state index contributed by atoms with van der Waals surface area (Å²) in [6, 6.07) is 8.30. The van der Waals surface area contributed by atoms with Crippen LogP contribution in [0.4, 0.5) is 0 Å². The first-order chi connectivity index (χ1) is 7.46. The van der Waals surface area contributed by atoms with Crippen LogP contribution in [0.15, 0.2) is 24.3 Å². The van der Waals surface area contributed by atoms with Gasteiger partial charge in [-0.2, -0.15) is 0 Å². The molecule has 0 aromatic heterocycles. The molecule has 2 nitrogen and oxygen atoms in total. The second-order valence-electron chi connectivity index (χ2n) is 4.91. The monoisotopic (exact) mass is 330 g/mol. The van der Waals surface area contributed by atoms with E-state index in [2.05, 4.69) is 67.6 Å². The molecule has 1 aromatic rings. The van der Waals surface area contributed by atoms with Gasteiger partial charge in [0.05, 0.1) is 5.60 Å². The number of benzene rings is 1. The first kappa shape index (κ1) is 12.4. The zero-order chi connectivity index (χ0) is 11.8. The molecule has 1 saturated heterocycles. The molecular weight excluding hydrogens is 314 g/mol. The fourth-order valence-electron chi connectivity index (χ4n) is 2.08. The van der Waals surface area contributed by atoms with Crippen LogP contribution in [-0.2, 0) is 9.31 Å². The Kier molecular flexibility index (Phi) is 3.61. The number of halogens is 1. The van der Waals surface area contributed by atoms with Crippen LogP contribution in [0.1, 0.15) is 27.2 Å². The van der Waals surface area contributed by atoms with Crippen LogP contribution in [0, 0.1) is 3.57 Å². The zero-order valence-corrected chi connectivity index (χ0v) is 12.0. The first-order valence-electron chi connectivity index (χ1n) is 5.55. The van der Waals surface area contributed by atoms with Gasteiger partial charge in [-0.3, -0.25) is 0 Å². The predicted molar refractivity (Wildman–Crippen MR) is 74.9 cm³/mol. The summed E-state index contributed by atoms with van der Waals surface area (Å²) in [6.45, 7) is 6.33. The molecule has 0 aliphatic carbocycles. The van der Waals surface area contributed by atoms with Crippen LogP contribution < -0.4 is 5.46 Å². The van der Waals surface area contributed by atoms with E-state index in [1.54, 1.807) is 0 Å². The molecule has 0 saturated carbocycles. The quantitative estimate of drug-likeness (QED) is 0.582. The summed E-state index contributed by atoms with van der Waals surface area (Å²) >= 11 is 2.30. The van der Waals surface area contributed by atoms with Crippen molar-refractivity contribution >= 4 is 35.2 Å². The van der Waals surface area contributed by atoms with Gasteiger partial charge in [0.25, 0.3) is 0 Å². The summed E-state index contributed by atoms with van der Waals surface area (Å²) in [7, 11) is -0.226. The molecule has 0 radical (unpaired) electrons. The lowest BCUT2D eigenvalue weighted by molar-refractivity contribution is -0.0229. The highest BCUT2D eigenvalue weighted by molar-refractivity contribution is 14.1. The molecule has 1 aliphatic rings. The number of hydrogen-bond acceptors (Lipinski definition) is 2. The zero-order valence-electron chi connectivity index (χ0n) is 9.87. The third-order valence-corrected chi connectivity index (χ3v) is 3.42. The third kappa shape index (κ3) is 2.99. The Morgan fingerprint density at radius 1 is 1.31 bits per heavy atom. The van der Waals surface area contributed by atoms with Crippen LogP contribution in [0.25, 0.3) is 0 Å². The molecule has 1 aromatic carbocycles. The molecule has 4 heteroatoms. The van der Waals surface area contributed by atoms with Crippen molar-refractivity contribution in [3.8, 4) is 0 Å². The SMILES string of the molecule is C[C@@H]1CC(C)(C)OB(c2ccc(I)cc2)O1. The number of rotatable bonds is 1. The lowest BCUT2D eigenvalue weighted by atomic mass is 9.75. The van der Waals surface area contributed by atoms with Crippen molar-refractivity contribution in [2.45, 2.75) is 38.9 Å². The van der Waals surface area contributed by atoms with Gasteiger partial charge >= 0.3 is 7.12 Å². The molecule has 1 aliphatic heterocycles. The summed E-state index contributed by atoms with van der Waals surface area (Å²) in [4.78, 5) is 0. The molecule has 0 N–H and O–H groups in total. The van der Waals surface area contributed by atoms with Crippen molar-refractivity contribution in [3.05, 3.63) is 27.8 Å². The topological polar surface area (TPSA) is 18.5 Å². The van der Waals surface area contributed by atoms with Gasteiger partial charge in [0.15, 0.2) is 0 Å². The van der Waals surface area contributed by atoms with Gasteiger partial charge in [-0.15, -0.1) is 0 Å². The summed E-state index contributed by atoms with van der Waals surface area (Å²) in [5.74, 6) is 0. The summed E-state index contributed by atoms with van der Waals surface area (Å²) in [5.41, 5.74) is 0.991. The smallest absolute Gasteiger partial charge is 0.405 e. The minimum absolute atomic E-state index is 0.106. The van der Waals surface area contributed by atoms with Crippen LogP contribution in [0.5, 0.6) is 0 Å². The molecule has 0 unspecified atom stereocenters. The lowest BCUT2D eigenvalue weighted by Gasteiger charge is -2.38. The predicted octanol–water partition coefficient (Wildman–Crippen LogP) is 2.59. The molecule has 86 valence electrons. The van der Waals surface area contributed by atoms with Crippen molar-refractivity contribution in [3.63, 3.8) is 0 Å². The van der Waals surface area contributed by atoms with Gasteiger partial charge in [-0.05, 0) is 67.4 Å². The van der Waals surface area contributed by atoms with E-state index in [0.717, 1.165) is 11.9 Å². The molecule has 1 atom stereocenters. The molecule has 0 spiro atoms. The molecular formula is C12H16BIO2. The fourth-order valence-corrected chi connectivity index (χ4v) is 2.44. The maximum atomic E-state index is 5.95. The van der Waals surface area contributed by atoms with E-state index in [4.69, 9.17) is 9.31 Å². The van der Waals surface area contributed by atoms with Gasteiger partial charge in [0, 0.05) is 9.67 Å². The van der Waals surface area contributed by atoms with Gasteiger partial charge in [-0.25, -0.2) is 0 Å². The lowest BCUT2D eigenvalue weighted by Crippen LogP contribution is -2.51. The average Bonchev–Trinajstić information content (AvgIpc) is 2.15. The standard InChI is InChI=1S/C12H16BIO2/c1-9-8-12(2,3)16-13(15-9)10-4-6-11(14)7-5-10/h4-7,9H,8H2,1-3H3/t9-/m1/s1. The van der Waals surface area contributed by atoms with Crippen LogP contribution in [-0.4, -0.2) is 18.8 Å². The summed E-state index contributed by atoms with van der Waals surface area (Å²) in [5, 5.41) is 0. The maximum absolute atomic E-state index is 5.95. The Labute approximate surface area is 111 Å². The Hall–Kier alpha value is -0.0651. The maximum Gasteiger partial charge on any atom is 0.494 e. The minimum atomic E-state index is -0.226. The molecule has 1 fully saturated rings. The minimum Gasteiger partial charge on any atom is -0.405 e. The summed E-state index contributed by atoms with van der Waals surface area (Å²) < 4.78 is 13.0.